The fourth-order valence-corrected chi connectivity index (χ4v) is 5.79. The molecule has 1 aliphatic rings. The summed E-state index contributed by atoms with van der Waals surface area (Å²) >= 11 is 0. The van der Waals surface area contributed by atoms with E-state index in [0.29, 0.717) is 0 Å². The van der Waals surface area contributed by atoms with Crippen LogP contribution in [0, 0.1) is 37.7 Å². The molecule has 0 saturated heterocycles. The molecule has 0 aliphatic heterocycles. The number of nitro benzene ring substituents is 2. The van der Waals surface area contributed by atoms with Crippen LogP contribution in [-0.2, 0) is 16.1 Å². The Kier molecular flexibility index (Phi) is 17.2. The Bertz CT molecular complexity index is 2280. The average Bonchev–Trinajstić information content (AvgIpc) is 3.68. The minimum absolute atomic E-state index is 0. The van der Waals surface area contributed by atoms with Crippen molar-refractivity contribution in [3.63, 3.8) is 0 Å². The van der Waals surface area contributed by atoms with Gasteiger partial charge in [0.05, 0.1) is 20.9 Å². The number of carbonyl (C=O) groups excluding carboxylic acids is 1. The third kappa shape index (κ3) is 10.1. The molecular weight excluding hydrogens is 746 g/mol. The fourth-order valence-electron chi connectivity index (χ4n) is 5.79. The van der Waals surface area contributed by atoms with Crippen LogP contribution in [0.25, 0.3) is 38.6 Å². The van der Waals surface area contributed by atoms with Gasteiger partial charge in [-0.15, -0.1) is 0 Å². The second-order valence-corrected chi connectivity index (χ2v) is 10.7. The topological polar surface area (TPSA) is 141 Å². The van der Waals surface area contributed by atoms with Crippen molar-refractivity contribution in [2.75, 3.05) is 0 Å². The molecule has 0 amide bonds. The number of benzene rings is 6. The predicted molar refractivity (Wildman–Crippen MR) is 183 cm³/mol. The van der Waals surface area contributed by atoms with Crippen LogP contribution in [0.2, 0.25) is 0 Å². The molecular formula is C38H26F3K2N3O7. The first-order valence-electron chi connectivity index (χ1n) is 15.1. The van der Waals surface area contributed by atoms with Crippen LogP contribution in [0.4, 0.5) is 24.5 Å². The summed E-state index contributed by atoms with van der Waals surface area (Å²) in [7, 11) is 0. The van der Waals surface area contributed by atoms with Crippen LogP contribution in [0.3, 0.4) is 0 Å². The van der Waals surface area contributed by atoms with E-state index in [1.807, 2.05) is 48.5 Å². The number of hydrogen-bond acceptors (Lipinski definition) is 7. The van der Waals surface area contributed by atoms with Crippen LogP contribution < -0.4 is 108 Å². The van der Waals surface area contributed by atoms with E-state index in [2.05, 4.69) is 53.4 Å². The maximum absolute atomic E-state index is 14.0. The minimum Gasteiger partial charge on any atom is -1.00 e. The largest absolute Gasteiger partial charge is 1.00 e. The van der Waals surface area contributed by atoms with Crippen LogP contribution in [0.1, 0.15) is 12.6 Å². The molecule has 0 bridgehead atoms. The van der Waals surface area contributed by atoms with E-state index in [4.69, 9.17) is 10.1 Å². The van der Waals surface area contributed by atoms with Gasteiger partial charge in [0, 0.05) is 10.8 Å². The first kappa shape index (κ1) is 43.8. The molecule has 10 nitrogen and oxygen atoms in total. The zero-order chi connectivity index (χ0) is 36.5. The molecule has 6 aromatic carbocycles. The molecule has 0 unspecified atom stereocenters. The predicted octanol–water partition coefficient (Wildman–Crippen LogP) is 2.52. The Labute approximate surface area is 386 Å². The summed E-state index contributed by atoms with van der Waals surface area (Å²) < 4.78 is 40.6. The Hall–Kier alpha value is -3.59. The van der Waals surface area contributed by atoms with Crippen molar-refractivity contribution in [3.8, 4) is 16.8 Å². The molecule has 0 N–H and O–H groups in total. The molecule has 0 radical (unpaired) electrons. The molecule has 15 heteroatoms. The van der Waals surface area contributed by atoms with Crippen LogP contribution in [0.5, 0.6) is 0 Å². The molecule has 1 aliphatic carbocycles. The van der Waals surface area contributed by atoms with E-state index in [1.165, 1.54) is 28.3 Å². The molecule has 0 fully saturated rings. The number of rotatable bonds is 4. The van der Waals surface area contributed by atoms with E-state index in [0.717, 1.165) is 52.5 Å². The summed E-state index contributed by atoms with van der Waals surface area (Å²) in [5.74, 6) is -3.15. The zero-order valence-corrected chi connectivity index (χ0v) is 34.6. The van der Waals surface area contributed by atoms with Crippen molar-refractivity contribution in [1.29, 1.82) is 0 Å². The molecule has 258 valence electrons. The van der Waals surface area contributed by atoms with E-state index < -0.39 is 38.7 Å². The summed E-state index contributed by atoms with van der Waals surface area (Å²) in [4.78, 5) is 30.8. The van der Waals surface area contributed by atoms with Gasteiger partial charge in [0.15, 0.2) is 0 Å². The van der Waals surface area contributed by atoms with Crippen molar-refractivity contribution in [2.24, 2.45) is 0 Å². The summed E-state index contributed by atoms with van der Waals surface area (Å²) in [6.07, 6.45) is 1.10. The van der Waals surface area contributed by atoms with Gasteiger partial charge in [0.1, 0.15) is 5.69 Å². The molecule has 53 heavy (non-hydrogen) atoms. The van der Waals surface area contributed by atoms with Crippen molar-refractivity contribution in [2.45, 2.75) is 6.42 Å². The van der Waals surface area contributed by atoms with Gasteiger partial charge in [-0.1, -0.05) is 97.1 Å². The number of aromatic nitrogens is 1. The van der Waals surface area contributed by atoms with Crippen molar-refractivity contribution in [3.05, 3.63) is 182 Å². The van der Waals surface area contributed by atoms with E-state index in [-0.39, 0.29) is 116 Å². The first-order chi connectivity index (χ1) is 24.7. The molecule has 8 rings (SSSR count). The van der Waals surface area contributed by atoms with Gasteiger partial charge in [-0.25, -0.2) is 0 Å². The van der Waals surface area contributed by atoms with Crippen molar-refractivity contribution < 1.29 is 142 Å². The third-order valence-corrected chi connectivity index (χ3v) is 7.83. The Morgan fingerprint density at radius 1 is 0.585 bits per heavy atom. The maximum Gasteiger partial charge on any atom is 1.00 e. The first-order valence-corrected chi connectivity index (χ1v) is 15.1. The Morgan fingerprint density at radius 3 is 1.38 bits per heavy atom. The van der Waals surface area contributed by atoms with Crippen molar-refractivity contribution >= 4 is 39.7 Å². The number of para-hydroxylation sites is 4. The monoisotopic (exact) mass is 771 g/mol. The number of hydrogen-bond donors (Lipinski definition) is 0. The van der Waals surface area contributed by atoms with E-state index in [1.54, 1.807) is 10.6 Å². The standard InChI is InChI=1S/C18H11FN2O2.C13H10.C6H3F2NO2.CH2O3.2K.H/c19-14-8-5-11-17(18(14)21(22)23)20-15-9-3-1-6-12(15)13-7-2-4-10-16(13)20;1-3-7-12-10(5-1)9-11-6-2-4-8-13(11)12;7-4-2-1-3-5(8)6(4)9(10)11;2-1-4-3;;;/h1-11H;1-8H,9H2;1-3H;1,3H;;;/q;;;;2*+1;-1/p-1. The third-order valence-electron chi connectivity index (χ3n) is 7.83. The van der Waals surface area contributed by atoms with Crippen LogP contribution in [0.15, 0.2) is 133 Å². The van der Waals surface area contributed by atoms with Crippen LogP contribution in [-0.4, -0.2) is 20.9 Å². The summed E-state index contributed by atoms with van der Waals surface area (Å²) in [5.41, 5.74) is 5.98. The second kappa shape index (κ2) is 20.8. The molecule has 0 spiro atoms. The van der Waals surface area contributed by atoms with Crippen LogP contribution >= 0.6 is 0 Å². The SMILES string of the molecule is O=CO[O-].O=[N+]([O-])c1c(F)cccc1-n1c2ccccc2c2ccccc21.O=[N+]([O-])c1c(F)cccc1F.[H-].[K+].[K+].c1ccc2c(c1)Cc1ccccc1-2. The second-order valence-electron chi connectivity index (χ2n) is 10.7. The number of carbonyl (C=O) groups is 1. The Morgan fingerprint density at radius 2 is 0.962 bits per heavy atom. The number of nitrogens with zero attached hydrogens (tertiary/aromatic N) is 3. The number of nitro groups is 2. The van der Waals surface area contributed by atoms with Gasteiger partial charge in [-0.2, -0.15) is 13.2 Å². The smallest absolute Gasteiger partial charge is 1.00 e. The summed E-state index contributed by atoms with van der Waals surface area (Å²) in [6, 6.07) is 39.4. The van der Waals surface area contributed by atoms with Gasteiger partial charge in [-0.3, -0.25) is 25.0 Å². The summed E-state index contributed by atoms with van der Waals surface area (Å²) in [6.45, 7) is -0.181. The molecule has 1 heterocycles. The normalized spacial score (nSPS) is 10.3. The van der Waals surface area contributed by atoms with Crippen molar-refractivity contribution in [1.82, 2.24) is 4.57 Å². The molecule has 0 atom stereocenters. The summed E-state index contributed by atoms with van der Waals surface area (Å²) in [5, 5.41) is 31.7. The average molecular weight is 772 g/mol. The molecule has 7 aromatic rings. The van der Waals surface area contributed by atoms with Gasteiger partial charge in [0.2, 0.25) is 17.5 Å². The van der Waals surface area contributed by atoms with Gasteiger partial charge < -0.3 is 16.1 Å². The Balaban J connectivity index is 0.000000279. The number of fused-ring (bicyclic) bond motifs is 6. The number of halogens is 3. The molecule has 1 aromatic heterocycles. The fraction of sp³-hybridized carbons (Fsp3) is 0.0263. The van der Waals surface area contributed by atoms with E-state index >= 15 is 0 Å². The zero-order valence-electron chi connectivity index (χ0n) is 29.3. The van der Waals surface area contributed by atoms with E-state index in [9.17, 15) is 33.4 Å². The maximum atomic E-state index is 14.0. The van der Waals surface area contributed by atoms with Gasteiger partial charge in [0.25, 0.3) is 6.47 Å². The van der Waals surface area contributed by atoms with Gasteiger partial charge >= 0.3 is 114 Å². The molecule has 0 saturated carbocycles. The minimum atomic E-state index is -1.16. The van der Waals surface area contributed by atoms with Gasteiger partial charge in [-0.05, 0) is 65.1 Å². The quantitative estimate of drug-likeness (QED) is 0.0881.